The lowest BCUT2D eigenvalue weighted by Crippen LogP contribution is -2.36. The number of nitro benzene ring substituents is 1. The lowest BCUT2D eigenvalue weighted by molar-refractivity contribution is -0.385. The zero-order valence-corrected chi connectivity index (χ0v) is 14.6. The van der Waals surface area contributed by atoms with Crippen molar-refractivity contribution in [2.24, 2.45) is 0 Å². The molecular weight excluding hydrogens is 326 g/mol. The lowest BCUT2D eigenvalue weighted by Gasteiger charge is -2.27. The van der Waals surface area contributed by atoms with Gasteiger partial charge in [-0.15, -0.1) is 0 Å². The van der Waals surface area contributed by atoms with Gasteiger partial charge < -0.3 is 14.7 Å². The van der Waals surface area contributed by atoms with E-state index >= 15 is 0 Å². The van der Waals surface area contributed by atoms with Crippen LogP contribution in [-0.4, -0.2) is 38.2 Å². The van der Waals surface area contributed by atoms with Crippen molar-refractivity contribution >= 4 is 22.7 Å². The van der Waals surface area contributed by atoms with Gasteiger partial charge in [0.05, 0.1) is 4.92 Å². The van der Waals surface area contributed by atoms with Crippen molar-refractivity contribution in [3.63, 3.8) is 0 Å². The fourth-order valence-corrected chi connectivity index (χ4v) is 2.39. The Morgan fingerprint density at radius 2 is 2.12 bits per heavy atom. The standard InChI is InChI=1S/C17H21N3O5/c1-5-19(16(22)25-17(2,3)4)10-11-9-13(20(23)24)15(21)14-12(11)7-6-8-18-14/h6-9,21H,5,10H2,1-4H3. The van der Waals surface area contributed by atoms with Crippen LogP contribution >= 0.6 is 0 Å². The molecule has 0 aliphatic carbocycles. The zero-order valence-electron chi connectivity index (χ0n) is 14.6. The summed E-state index contributed by atoms with van der Waals surface area (Å²) < 4.78 is 5.36. The number of nitro groups is 1. The van der Waals surface area contributed by atoms with E-state index in [-0.39, 0.29) is 12.1 Å². The number of carbonyl (C=O) groups is 1. The first kappa shape index (κ1) is 18.4. The lowest BCUT2D eigenvalue weighted by atomic mass is 10.1. The highest BCUT2D eigenvalue weighted by Gasteiger charge is 2.25. The van der Waals surface area contributed by atoms with E-state index in [1.54, 1.807) is 39.8 Å². The third kappa shape index (κ3) is 4.14. The van der Waals surface area contributed by atoms with Crippen LogP contribution in [0.3, 0.4) is 0 Å². The Morgan fingerprint density at radius 3 is 2.68 bits per heavy atom. The highest BCUT2D eigenvalue weighted by atomic mass is 16.6. The molecule has 1 aromatic heterocycles. The summed E-state index contributed by atoms with van der Waals surface area (Å²) >= 11 is 0. The normalized spacial score (nSPS) is 11.4. The minimum atomic E-state index is -0.670. The molecule has 8 nitrogen and oxygen atoms in total. The summed E-state index contributed by atoms with van der Waals surface area (Å²) in [5.41, 5.74) is -0.441. The van der Waals surface area contributed by atoms with Gasteiger partial charge >= 0.3 is 11.8 Å². The van der Waals surface area contributed by atoms with E-state index in [0.717, 1.165) is 0 Å². The number of hydrogen-bond donors (Lipinski definition) is 1. The molecule has 0 unspecified atom stereocenters. The summed E-state index contributed by atoms with van der Waals surface area (Å²) in [4.78, 5) is 28.3. The molecule has 1 amide bonds. The molecule has 0 saturated heterocycles. The van der Waals surface area contributed by atoms with Crippen LogP contribution in [0.1, 0.15) is 33.3 Å². The molecule has 8 heteroatoms. The van der Waals surface area contributed by atoms with Crippen LogP contribution in [0.15, 0.2) is 24.4 Å². The molecular formula is C17H21N3O5. The number of ether oxygens (including phenoxy) is 1. The molecule has 0 bridgehead atoms. The second-order valence-electron chi connectivity index (χ2n) is 6.55. The van der Waals surface area contributed by atoms with E-state index in [9.17, 15) is 20.0 Å². The Morgan fingerprint density at radius 1 is 1.44 bits per heavy atom. The third-order valence-electron chi connectivity index (χ3n) is 3.52. The molecule has 25 heavy (non-hydrogen) atoms. The van der Waals surface area contributed by atoms with Gasteiger partial charge in [0.2, 0.25) is 5.75 Å². The van der Waals surface area contributed by atoms with Crippen molar-refractivity contribution in [3.05, 3.63) is 40.1 Å². The minimum Gasteiger partial charge on any atom is -0.501 e. The predicted octanol–water partition coefficient (Wildman–Crippen LogP) is 3.61. The van der Waals surface area contributed by atoms with E-state index in [1.165, 1.54) is 17.2 Å². The third-order valence-corrected chi connectivity index (χ3v) is 3.52. The molecule has 0 atom stereocenters. The number of rotatable bonds is 4. The molecule has 0 spiro atoms. The van der Waals surface area contributed by atoms with Gasteiger partial charge in [-0.2, -0.15) is 0 Å². The maximum Gasteiger partial charge on any atom is 0.410 e. The smallest absolute Gasteiger partial charge is 0.410 e. The first-order valence-electron chi connectivity index (χ1n) is 7.86. The van der Waals surface area contributed by atoms with E-state index in [0.29, 0.717) is 17.5 Å². The fraction of sp³-hybridized carbons (Fsp3) is 0.412. The number of benzene rings is 1. The van der Waals surface area contributed by atoms with Crippen molar-refractivity contribution in [1.29, 1.82) is 0 Å². The van der Waals surface area contributed by atoms with Crippen LogP contribution in [0, 0.1) is 10.1 Å². The Bertz CT molecular complexity index is 814. The van der Waals surface area contributed by atoms with Crippen molar-refractivity contribution in [3.8, 4) is 5.75 Å². The molecule has 2 rings (SSSR count). The maximum atomic E-state index is 12.3. The summed E-state index contributed by atoms with van der Waals surface area (Å²) in [5.74, 6) is -0.482. The van der Waals surface area contributed by atoms with Gasteiger partial charge in [-0.05, 0) is 39.3 Å². The van der Waals surface area contributed by atoms with E-state index in [1.807, 2.05) is 0 Å². The Kier molecular flexibility index (Phi) is 5.10. The average molecular weight is 347 g/mol. The van der Waals surface area contributed by atoms with Gasteiger partial charge in [0, 0.05) is 30.7 Å². The highest BCUT2D eigenvalue weighted by Crippen LogP contribution is 2.35. The largest absolute Gasteiger partial charge is 0.501 e. The number of nitrogens with zero attached hydrogens (tertiary/aromatic N) is 3. The van der Waals surface area contributed by atoms with Crippen LogP contribution < -0.4 is 0 Å². The maximum absolute atomic E-state index is 12.3. The number of amides is 1. The Labute approximate surface area is 145 Å². The summed E-state index contributed by atoms with van der Waals surface area (Å²) in [6.45, 7) is 7.57. The summed E-state index contributed by atoms with van der Waals surface area (Å²) in [6, 6.07) is 4.64. The topological polar surface area (TPSA) is 106 Å². The number of aromatic hydroxyl groups is 1. The molecule has 0 aliphatic heterocycles. The Balaban J connectivity index is 2.47. The number of phenols is 1. The summed E-state index contributed by atoms with van der Waals surface area (Å²) in [7, 11) is 0. The molecule has 0 saturated carbocycles. The number of phenolic OH excluding ortho intramolecular Hbond substituents is 1. The van der Waals surface area contributed by atoms with Gasteiger partial charge in [0.15, 0.2) is 0 Å². The predicted molar refractivity (Wildman–Crippen MR) is 92.4 cm³/mol. The molecule has 1 aromatic carbocycles. The number of pyridine rings is 1. The minimum absolute atomic E-state index is 0.106. The molecule has 0 radical (unpaired) electrons. The molecule has 1 N–H and O–H groups in total. The monoisotopic (exact) mass is 347 g/mol. The summed E-state index contributed by atoms with van der Waals surface area (Å²) in [5, 5.41) is 21.8. The van der Waals surface area contributed by atoms with Gasteiger partial charge in [-0.25, -0.2) is 4.79 Å². The quantitative estimate of drug-likeness (QED) is 0.669. The number of hydrogen-bond acceptors (Lipinski definition) is 6. The zero-order chi connectivity index (χ0) is 18.8. The van der Waals surface area contributed by atoms with Crippen LogP contribution in [0.4, 0.5) is 10.5 Å². The second-order valence-corrected chi connectivity index (χ2v) is 6.55. The number of aromatic nitrogens is 1. The molecule has 1 heterocycles. The van der Waals surface area contributed by atoms with Crippen molar-refractivity contribution in [2.45, 2.75) is 39.8 Å². The van der Waals surface area contributed by atoms with Gasteiger partial charge in [0.25, 0.3) is 0 Å². The van der Waals surface area contributed by atoms with E-state index in [4.69, 9.17) is 4.74 Å². The molecule has 134 valence electrons. The fourth-order valence-electron chi connectivity index (χ4n) is 2.39. The number of fused-ring (bicyclic) bond motifs is 1. The van der Waals surface area contributed by atoms with Crippen LogP contribution in [0.5, 0.6) is 5.75 Å². The van der Waals surface area contributed by atoms with Gasteiger partial charge in [0.1, 0.15) is 11.1 Å². The van der Waals surface area contributed by atoms with Crippen LogP contribution in [0.2, 0.25) is 0 Å². The molecule has 0 fully saturated rings. The van der Waals surface area contributed by atoms with E-state index < -0.39 is 28.1 Å². The SMILES string of the molecule is CCN(Cc1cc([N+](=O)[O-])c(O)c2ncccc12)C(=O)OC(C)(C)C. The highest BCUT2D eigenvalue weighted by molar-refractivity contribution is 5.91. The van der Waals surface area contributed by atoms with Crippen molar-refractivity contribution in [1.82, 2.24) is 9.88 Å². The average Bonchev–Trinajstić information content (AvgIpc) is 2.52. The van der Waals surface area contributed by atoms with E-state index in [2.05, 4.69) is 4.98 Å². The molecule has 0 aliphatic rings. The van der Waals surface area contributed by atoms with Gasteiger partial charge in [-0.1, -0.05) is 6.07 Å². The van der Waals surface area contributed by atoms with Crippen LogP contribution in [-0.2, 0) is 11.3 Å². The second kappa shape index (κ2) is 6.92. The van der Waals surface area contributed by atoms with Gasteiger partial charge in [-0.3, -0.25) is 15.1 Å². The van der Waals surface area contributed by atoms with Crippen molar-refractivity contribution < 1.29 is 19.6 Å². The first-order chi connectivity index (χ1) is 11.6. The Hall–Kier alpha value is -2.90. The van der Waals surface area contributed by atoms with Crippen LogP contribution in [0.25, 0.3) is 10.9 Å². The summed E-state index contributed by atoms with van der Waals surface area (Å²) in [6.07, 6.45) is 0.934. The number of carbonyl (C=O) groups excluding carboxylic acids is 1. The first-order valence-corrected chi connectivity index (χ1v) is 7.86. The van der Waals surface area contributed by atoms with Crippen molar-refractivity contribution in [2.75, 3.05) is 6.54 Å². The molecule has 2 aromatic rings.